The van der Waals surface area contributed by atoms with Gasteiger partial charge in [0, 0.05) is 17.6 Å². The molecular weight excluding hydrogens is 207 g/mol. The van der Waals surface area contributed by atoms with E-state index in [1.54, 1.807) is 6.92 Å². The maximum absolute atomic E-state index is 12.1. The Labute approximate surface area is 117 Å². The number of hydrogen-bond acceptors (Lipinski definition) is 2. The predicted octanol–water partition coefficient (Wildman–Crippen LogP) is -1.97. The smallest absolute Gasteiger partial charge is 0.445 e. The quantitative estimate of drug-likeness (QED) is 0.551. The fourth-order valence-corrected chi connectivity index (χ4v) is 0.865. The van der Waals surface area contributed by atoms with Gasteiger partial charge in [0.1, 0.15) is 0 Å². The molecule has 0 saturated carbocycles. The average Bonchev–Trinajstić information content (AvgIpc) is 1.83. The van der Waals surface area contributed by atoms with Gasteiger partial charge in [-0.2, -0.15) is 0 Å². The van der Waals surface area contributed by atoms with E-state index in [0.29, 0.717) is 5.69 Å². The molecule has 0 spiro atoms. The number of anilines is 1. The Balaban J connectivity index is 0.00000144. The number of hydrogen-bond donors (Lipinski definition) is 1. The van der Waals surface area contributed by atoms with Crippen LogP contribution in [-0.4, -0.2) is 12.0 Å². The SMILES string of the molecule is Cc1cc(N)c([B-](F)(F)F)cn1.[K+]. The molecule has 2 N–H and O–H groups in total. The van der Waals surface area contributed by atoms with Crippen LogP contribution in [0, 0.1) is 6.92 Å². The number of nitrogen functional groups attached to an aromatic ring is 1. The molecule has 1 aromatic heterocycles. The first kappa shape index (κ1) is 13.4. The first-order chi connectivity index (χ1) is 5.41. The summed E-state index contributed by atoms with van der Waals surface area (Å²) in [5.41, 5.74) is 4.57. The van der Waals surface area contributed by atoms with Gasteiger partial charge in [0.25, 0.3) is 0 Å². The van der Waals surface area contributed by atoms with Crippen molar-refractivity contribution >= 4 is 18.1 Å². The van der Waals surface area contributed by atoms with Crippen LogP contribution < -0.4 is 62.6 Å². The zero-order chi connectivity index (χ0) is 9.35. The van der Waals surface area contributed by atoms with E-state index in [4.69, 9.17) is 5.73 Å². The minimum absolute atomic E-state index is 0. The molecule has 7 heteroatoms. The Morgan fingerprint density at radius 2 is 1.92 bits per heavy atom. The molecule has 0 aromatic carbocycles. The summed E-state index contributed by atoms with van der Waals surface area (Å²) in [6.45, 7) is -3.44. The van der Waals surface area contributed by atoms with Crippen LogP contribution >= 0.6 is 0 Å². The zero-order valence-electron chi connectivity index (χ0n) is 7.39. The summed E-state index contributed by atoms with van der Waals surface area (Å²) in [5.74, 6) is 0. The van der Waals surface area contributed by atoms with Gasteiger partial charge in [-0.3, -0.25) is 4.98 Å². The fraction of sp³-hybridized carbons (Fsp3) is 0.167. The molecule has 2 nitrogen and oxygen atoms in total. The van der Waals surface area contributed by atoms with Crippen molar-refractivity contribution in [3.05, 3.63) is 18.0 Å². The van der Waals surface area contributed by atoms with E-state index in [1.807, 2.05) is 0 Å². The van der Waals surface area contributed by atoms with Crippen molar-refractivity contribution in [1.82, 2.24) is 4.98 Å². The van der Waals surface area contributed by atoms with Gasteiger partial charge >= 0.3 is 58.4 Å². The van der Waals surface area contributed by atoms with Crippen LogP contribution in [0.2, 0.25) is 0 Å². The molecule has 13 heavy (non-hydrogen) atoms. The first-order valence-corrected chi connectivity index (χ1v) is 3.33. The van der Waals surface area contributed by atoms with Gasteiger partial charge in [-0.15, -0.1) is 0 Å². The summed E-state index contributed by atoms with van der Waals surface area (Å²) in [6.07, 6.45) is 0.769. The van der Waals surface area contributed by atoms with Gasteiger partial charge < -0.3 is 18.7 Å². The van der Waals surface area contributed by atoms with Crippen LogP contribution in [-0.2, 0) is 0 Å². The molecule has 0 radical (unpaired) electrons. The monoisotopic (exact) mass is 214 g/mol. The van der Waals surface area contributed by atoms with E-state index < -0.39 is 12.4 Å². The van der Waals surface area contributed by atoms with Crippen LogP contribution in [0.1, 0.15) is 5.69 Å². The summed E-state index contributed by atoms with van der Waals surface area (Å²) in [6, 6.07) is 1.21. The Bertz CT molecular complexity index is 302. The Kier molecular flexibility index (Phi) is 4.95. The number of rotatable bonds is 1. The molecule has 1 heterocycles. The second-order valence-corrected chi connectivity index (χ2v) is 2.53. The Morgan fingerprint density at radius 3 is 2.31 bits per heavy atom. The Morgan fingerprint density at radius 1 is 1.38 bits per heavy atom. The number of nitrogens with zero attached hydrogens (tertiary/aromatic N) is 1. The van der Waals surface area contributed by atoms with E-state index in [2.05, 4.69) is 4.98 Å². The largest absolute Gasteiger partial charge is 1.00 e. The fourth-order valence-electron chi connectivity index (χ4n) is 0.865. The van der Waals surface area contributed by atoms with Gasteiger partial charge in [-0.05, 0) is 13.0 Å². The minimum atomic E-state index is -5.03. The molecule has 0 amide bonds. The predicted molar refractivity (Wildman–Crippen MR) is 42.1 cm³/mol. The molecule has 1 aromatic rings. The number of aryl methyl sites for hydroxylation is 1. The first-order valence-electron chi connectivity index (χ1n) is 3.33. The van der Waals surface area contributed by atoms with Gasteiger partial charge in [0.05, 0.1) is 0 Å². The number of pyridine rings is 1. The third kappa shape index (κ3) is 3.59. The van der Waals surface area contributed by atoms with Crippen molar-refractivity contribution in [2.24, 2.45) is 0 Å². The average molecular weight is 214 g/mol. The molecule has 66 valence electrons. The van der Waals surface area contributed by atoms with Crippen LogP contribution in [0.25, 0.3) is 0 Å². The van der Waals surface area contributed by atoms with Crippen LogP contribution in [0.4, 0.5) is 18.6 Å². The molecule has 0 bridgehead atoms. The Hall–Kier alpha value is 0.441. The molecular formula is C6H7BF3KN2. The van der Waals surface area contributed by atoms with Crippen LogP contribution in [0.3, 0.4) is 0 Å². The molecule has 0 atom stereocenters. The van der Waals surface area contributed by atoms with E-state index in [0.717, 1.165) is 6.20 Å². The molecule has 0 unspecified atom stereocenters. The van der Waals surface area contributed by atoms with Crippen molar-refractivity contribution in [3.8, 4) is 0 Å². The van der Waals surface area contributed by atoms with E-state index >= 15 is 0 Å². The molecule has 1 rings (SSSR count). The molecule has 0 fully saturated rings. The van der Waals surface area contributed by atoms with E-state index in [9.17, 15) is 12.9 Å². The van der Waals surface area contributed by atoms with Crippen molar-refractivity contribution < 1.29 is 64.3 Å². The van der Waals surface area contributed by atoms with Gasteiger partial charge in [-0.25, -0.2) is 0 Å². The van der Waals surface area contributed by atoms with Crippen molar-refractivity contribution in [1.29, 1.82) is 0 Å². The molecule has 0 aliphatic heterocycles. The van der Waals surface area contributed by atoms with Gasteiger partial charge in [-0.1, -0.05) is 5.46 Å². The number of nitrogens with two attached hydrogens (primary N) is 1. The summed E-state index contributed by atoms with van der Waals surface area (Å²) in [5, 5.41) is 0. The van der Waals surface area contributed by atoms with Crippen LogP contribution in [0.5, 0.6) is 0 Å². The summed E-state index contributed by atoms with van der Waals surface area (Å²) in [7, 11) is 0. The third-order valence-electron chi connectivity index (χ3n) is 1.46. The maximum Gasteiger partial charge on any atom is 1.00 e. The molecule has 0 saturated heterocycles. The summed E-state index contributed by atoms with van der Waals surface area (Å²) >= 11 is 0. The van der Waals surface area contributed by atoms with Crippen molar-refractivity contribution in [3.63, 3.8) is 0 Å². The normalized spacial score (nSPS) is 10.8. The standard InChI is InChI=1S/C6H7BF3N2.K/c1-4-2-6(11)5(3-12-4)7(8,9)10;/h2-3H,1H3,(H2,11,12);/q-1;+1. The van der Waals surface area contributed by atoms with Crippen molar-refractivity contribution in [2.45, 2.75) is 6.92 Å². The molecule has 0 aliphatic rings. The number of halogens is 3. The zero-order valence-corrected chi connectivity index (χ0v) is 10.5. The summed E-state index contributed by atoms with van der Waals surface area (Å²) < 4.78 is 36.4. The second kappa shape index (κ2) is 4.79. The van der Waals surface area contributed by atoms with Crippen molar-refractivity contribution in [2.75, 3.05) is 5.73 Å². The number of aromatic nitrogens is 1. The third-order valence-corrected chi connectivity index (χ3v) is 1.46. The molecule has 0 aliphatic carbocycles. The van der Waals surface area contributed by atoms with Crippen LogP contribution in [0.15, 0.2) is 12.3 Å². The minimum Gasteiger partial charge on any atom is -0.445 e. The second-order valence-electron chi connectivity index (χ2n) is 2.53. The van der Waals surface area contributed by atoms with Gasteiger partial charge in [0.2, 0.25) is 0 Å². The van der Waals surface area contributed by atoms with Gasteiger partial charge in [0.15, 0.2) is 0 Å². The maximum atomic E-state index is 12.1. The van der Waals surface area contributed by atoms with E-state index in [1.165, 1.54) is 6.07 Å². The van der Waals surface area contributed by atoms with E-state index in [-0.39, 0.29) is 57.1 Å². The topological polar surface area (TPSA) is 38.9 Å². The summed E-state index contributed by atoms with van der Waals surface area (Å²) in [4.78, 5) is 3.52.